The second-order valence-electron chi connectivity index (χ2n) is 7.00. The van der Waals surface area contributed by atoms with Gasteiger partial charge < -0.3 is 10.6 Å². The van der Waals surface area contributed by atoms with Crippen molar-refractivity contribution in [2.24, 2.45) is 5.92 Å². The van der Waals surface area contributed by atoms with E-state index in [1.165, 1.54) is 20.2 Å². The molecule has 2 rings (SSSR count). The van der Waals surface area contributed by atoms with Crippen LogP contribution >= 0.6 is 11.6 Å². The number of nitrogens with zero attached hydrogens (tertiary/aromatic N) is 1. The summed E-state index contributed by atoms with van der Waals surface area (Å²) in [7, 11) is -0.634. The van der Waals surface area contributed by atoms with Gasteiger partial charge in [0.25, 0.3) is 0 Å². The highest BCUT2D eigenvalue weighted by Gasteiger charge is 2.22. The lowest BCUT2D eigenvalue weighted by Crippen LogP contribution is -2.39. The summed E-state index contributed by atoms with van der Waals surface area (Å²) in [5, 5.41) is 6.34. The van der Waals surface area contributed by atoms with Crippen molar-refractivity contribution in [2.45, 2.75) is 31.3 Å². The summed E-state index contributed by atoms with van der Waals surface area (Å²) in [6, 6.07) is 13.4. The van der Waals surface area contributed by atoms with Crippen molar-refractivity contribution in [3.8, 4) is 0 Å². The third-order valence-electron chi connectivity index (χ3n) is 4.35. The maximum atomic E-state index is 12.5. The van der Waals surface area contributed by atoms with Gasteiger partial charge in [-0.15, -0.1) is 0 Å². The Morgan fingerprint density at radius 1 is 1.07 bits per heavy atom. The molecule has 0 aliphatic heterocycles. The normalized spacial score (nSPS) is 12.8. The predicted molar refractivity (Wildman–Crippen MR) is 112 cm³/mol. The lowest BCUT2D eigenvalue weighted by atomic mass is 9.96. The summed E-state index contributed by atoms with van der Waals surface area (Å²) < 4.78 is 26.1. The first-order chi connectivity index (χ1) is 13.1. The number of hydrogen-bond acceptors (Lipinski definition) is 3. The third-order valence-corrected chi connectivity index (χ3v) is 6.52. The predicted octanol–water partition coefficient (Wildman–Crippen LogP) is 3.79. The summed E-state index contributed by atoms with van der Waals surface area (Å²) in [5.41, 5.74) is 1.48. The van der Waals surface area contributed by atoms with Crippen molar-refractivity contribution in [3.05, 3.63) is 64.7 Å². The molecular formula is C20H26ClN3O3S. The summed E-state index contributed by atoms with van der Waals surface area (Å²) in [6.45, 7) is 4.12. The number of rotatable bonds is 7. The van der Waals surface area contributed by atoms with Gasteiger partial charge >= 0.3 is 6.03 Å². The molecule has 2 amide bonds. The smallest absolute Gasteiger partial charge is 0.315 e. The molecule has 2 N–H and O–H groups in total. The van der Waals surface area contributed by atoms with Crippen LogP contribution in [0.15, 0.2) is 53.4 Å². The fraction of sp³-hybridized carbons (Fsp3) is 0.350. The van der Waals surface area contributed by atoms with Gasteiger partial charge in [0.05, 0.1) is 10.9 Å². The Morgan fingerprint density at radius 3 is 2.25 bits per heavy atom. The van der Waals surface area contributed by atoms with Gasteiger partial charge in [-0.1, -0.05) is 55.8 Å². The summed E-state index contributed by atoms with van der Waals surface area (Å²) in [5.74, 6) is 0.160. The summed E-state index contributed by atoms with van der Waals surface area (Å²) in [6.07, 6.45) is 0. The number of benzene rings is 2. The highest BCUT2D eigenvalue weighted by Crippen LogP contribution is 2.23. The Kier molecular flexibility index (Phi) is 7.46. The molecule has 0 aromatic heterocycles. The molecule has 0 aliphatic carbocycles. The van der Waals surface area contributed by atoms with E-state index in [1.807, 2.05) is 26.0 Å². The zero-order chi connectivity index (χ0) is 20.9. The molecule has 28 heavy (non-hydrogen) atoms. The average molecular weight is 424 g/mol. The minimum Gasteiger partial charge on any atom is -0.334 e. The quantitative estimate of drug-likeness (QED) is 0.711. The Balaban J connectivity index is 2.11. The molecule has 0 saturated carbocycles. The molecule has 0 aliphatic rings. The first kappa shape index (κ1) is 22.2. The average Bonchev–Trinajstić information content (AvgIpc) is 2.65. The van der Waals surface area contributed by atoms with Gasteiger partial charge in [-0.2, -0.15) is 0 Å². The van der Waals surface area contributed by atoms with E-state index in [0.29, 0.717) is 10.6 Å². The monoisotopic (exact) mass is 423 g/mol. The molecule has 1 atom stereocenters. The van der Waals surface area contributed by atoms with E-state index < -0.39 is 10.0 Å². The summed E-state index contributed by atoms with van der Waals surface area (Å²) >= 11 is 5.94. The van der Waals surface area contributed by atoms with Crippen LogP contribution in [0.4, 0.5) is 4.79 Å². The van der Waals surface area contributed by atoms with Crippen molar-refractivity contribution in [1.29, 1.82) is 0 Å². The van der Waals surface area contributed by atoms with Crippen LogP contribution in [-0.4, -0.2) is 32.8 Å². The number of carbonyl (C=O) groups excluding carboxylic acids is 1. The highest BCUT2D eigenvalue weighted by atomic mass is 35.5. The van der Waals surface area contributed by atoms with Crippen LogP contribution in [0, 0.1) is 5.92 Å². The Hall–Kier alpha value is -2.09. The second-order valence-corrected chi connectivity index (χ2v) is 9.55. The third kappa shape index (κ3) is 5.47. The van der Waals surface area contributed by atoms with Crippen LogP contribution in [0.1, 0.15) is 31.0 Å². The Bertz CT molecular complexity index is 913. The molecule has 2 aromatic carbocycles. The SMILES string of the molecule is CC(C)C(NC(=O)NCc1ccccc1S(=O)(=O)N(C)C)c1ccc(Cl)cc1. The minimum atomic E-state index is -3.59. The first-order valence-corrected chi connectivity index (χ1v) is 10.7. The largest absolute Gasteiger partial charge is 0.334 e. The van der Waals surface area contributed by atoms with E-state index in [1.54, 1.807) is 30.3 Å². The fourth-order valence-corrected chi connectivity index (χ4v) is 4.01. The van der Waals surface area contributed by atoms with Crippen molar-refractivity contribution in [1.82, 2.24) is 14.9 Å². The zero-order valence-corrected chi connectivity index (χ0v) is 18.0. The molecule has 0 spiro atoms. The van der Waals surface area contributed by atoms with E-state index in [2.05, 4.69) is 10.6 Å². The van der Waals surface area contributed by atoms with Crippen molar-refractivity contribution >= 4 is 27.7 Å². The van der Waals surface area contributed by atoms with E-state index in [-0.39, 0.29) is 29.4 Å². The van der Waals surface area contributed by atoms with Gasteiger partial charge in [0.15, 0.2) is 0 Å². The number of urea groups is 1. The van der Waals surface area contributed by atoms with Crippen molar-refractivity contribution in [2.75, 3.05) is 14.1 Å². The van der Waals surface area contributed by atoms with E-state index >= 15 is 0 Å². The lowest BCUT2D eigenvalue weighted by molar-refractivity contribution is 0.232. The van der Waals surface area contributed by atoms with E-state index in [4.69, 9.17) is 11.6 Å². The number of sulfonamides is 1. The van der Waals surface area contributed by atoms with Crippen LogP contribution in [0.5, 0.6) is 0 Å². The highest BCUT2D eigenvalue weighted by molar-refractivity contribution is 7.89. The minimum absolute atomic E-state index is 0.0977. The molecule has 0 radical (unpaired) electrons. The molecule has 0 fully saturated rings. The van der Waals surface area contributed by atoms with Crippen LogP contribution in [0.2, 0.25) is 5.02 Å². The molecule has 6 nitrogen and oxygen atoms in total. The van der Waals surface area contributed by atoms with Gasteiger partial charge in [-0.25, -0.2) is 17.5 Å². The molecule has 0 heterocycles. The standard InChI is InChI=1S/C20H26ClN3O3S/c1-14(2)19(15-9-11-17(21)12-10-15)23-20(25)22-13-16-7-5-6-8-18(16)28(26,27)24(3)4/h5-12,14,19H,13H2,1-4H3,(H2,22,23,25). The number of carbonyl (C=O) groups is 1. The molecule has 1 unspecified atom stereocenters. The second kappa shape index (κ2) is 9.41. The summed E-state index contributed by atoms with van der Waals surface area (Å²) in [4.78, 5) is 12.6. The van der Waals surface area contributed by atoms with Gasteiger partial charge in [0.2, 0.25) is 10.0 Å². The van der Waals surface area contributed by atoms with Crippen molar-refractivity contribution in [3.63, 3.8) is 0 Å². The maximum Gasteiger partial charge on any atom is 0.315 e. The van der Waals surface area contributed by atoms with Gasteiger partial charge in [0, 0.05) is 25.7 Å². The molecule has 0 saturated heterocycles. The number of hydrogen-bond donors (Lipinski definition) is 2. The first-order valence-electron chi connectivity index (χ1n) is 8.93. The van der Waals surface area contributed by atoms with Crippen LogP contribution < -0.4 is 10.6 Å². The Labute approximate surface area is 171 Å². The van der Waals surface area contributed by atoms with E-state index in [0.717, 1.165) is 9.87 Å². The van der Waals surface area contributed by atoms with Crippen LogP contribution in [-0.2, 0) is 16.6 Å². The van der Waals surface area contributed by atoms with Crippen LogP contribution in [0.3, 0.4) is 0 Å². The maximum absolute atomic E-state index is 12.5. The molecule has 2 aromatic rings. The number of nitrogens with one attached hydrogen (secondary N) is 2. The molecular weight excluding hydrogens is 398 g/mol. The molecule has 8 heteroatoms. The number of halogens is 1. The Morgan fingerprint density at radius 2 is 1.68 bits per heavy atom. The lowest BCUT2D eigenvalue weighted by Gasteiger charge is -2.23. The molecule has 0 bridgehead atoms. The topological polar surface area (TPSA) is 78.5 Å². The zero-order valence-electron chi connectivity index (χ0n) is 16.4. The fourth-order valence-electron chi connectivity index (χ4n) is 2.77. The molecule has 152 valence electrons. The van der Waals surface area contributed by atoms with E-state index in [9.17, 15) is 13.2 Å². The van der Waals surface area contributed by atoms with Gasteiger partial charge in [0.1, 0.15) is 0 Å². The van der Waals surface area contributed by atoms with Crippen LogP contribution in [0.25, 0.3) is 0 Å². The van der Waals surface area contributed by atoms with Gasteiger partial charge in [-0.3, -0.25) is 0 Å². The number of amides is 2. The van der Waals surface area contributed by atoms with Gasteiger partial charge in [-0.05, 0) is 35.2 Å². The van der Waals surface area contributed by atoms with Crippen molar-refractivity contribution < 1.29 is 13.2 Å².